The molecule has 1 spiro atoms. The molecule has 2 fully saturated rings. The number of anilines is 1. The number of hydrogen-bond acceptors (Lipinski definition) is 4. The molecule has 1 saturated carbocycles. The standard InChI is InChI=1S/C30H24ClF4N3O/c31-24-13-19(32)3-5-21(24)27-26(28(39-37-27)17-1-2-17)18-15-29(16-18)8-11-38(12-9-29)20-4-6-25-22(14-20)23(7-10-36-25)30(33,34)35/h3-7,10,13-15,17H,1-2,8-9,11-12,16H2. The Kier molecular flexibility index (Phi) is 5.57. The number of benzene rings is 2. The maximum Gasteiger partial charge on any atom is 0.417 e. The zero-order chi connectivity index (χ0) is 26.9. The molecule has 200 valence electrons. The highest BCUT2D eigenvalue weighted by Crippen LogP contribution is 2.56. The Hall–Kier alpha value is -3.39. The van der Waals surface area contributed by atoms with Gasteiger partial charge in [-0.25, -0.2) is 4.39 Å². The number of alkyl halides is 3. The van der Waals surface area contributed by atoms with Crippen LogP contribution in [0.15, 0.2) is 59.3 Å². The van der Waals surface area contributed by atoms with E-state index in [2.05, 4.69) is 21.1 Å². The summed E-state index contributed by atoms with van der Waals surface area (Å²) in [5.74, 6) is 0.833. The van der Waals surface area contributed by atoms with Crippen LogP contribution in [0.2, 0.25) is 5.02 Å². The van der Waals surface area contributed by atoms with Crippen LogP contribution >= 0.6 is 11.6 Å². The van der Waals surface area contributed by atoms with Crippen molar-refractivity contribution in [3.8, 4) is 11.3 Å². The monoisotopic (exact) mass is 553 g/mol. The lowest BCUT2D eigenvalue weighted by Crippen LogP contribution is -2.42. The van der Waals surface area contributed by atoms with Crippen molar-refractivity contribution in [2.24, 2.45) is 5.41 Å². The van der Waals surface area contributed by atoms with Crippen LogP contribution in [0.5, 0.6) is 0 Å². The van der Waals surface area contributed by atoms with Crippen LogP contribution < -0.4 is 4.90 Å². The number of pyridine rings is 1. The fourth-order valence-electron chi connectivity index (χ4n) is 6.09. The Balaban J connectivity index is 1.14. The van der Waals surface area contributed by atoms with E-state index in [0.29, 0.717) is 27.7 Å². The molecule has 2 aromatic carbocycles. The van der Waals surface area contributed by atoms with Gasteiger partial charge in [0.05, 0.1) is 16.1 Å². The van der Waals surface area contributed by atoms with Crippen molar-refractivity contribution in [2.75, 3.05) is 18.0 Å². The van der Waals surface area contributed by atoms with Crippen molar-refractivity contribution in [2.45, 2.75) is 44.2 Å². The molecule has 39 heavy (non-hydrogen) atoms. The summed E-state index contributed by atoms with van der Waals surface area (Å²) in [5.41, 5.74) is 3.97. The molecule has 1 saturated heterocycles. The summed E-state index contributed by atoms with van der Waals surface area (Å²) in [4.78, 5) is 6.27. The number of aromatic nitrogens is 2. The molecule has 4 aromatic rings. The number of nitrogens with zero attached hydrogens (tertiary/aromatic N) is 3. The zero-order valence-electron chi connectivity index (χ0n) is 20.9. The molecule has 0 unspecified atom stereocenters. The molecular formula is C30H24ClF4N3O. The van der Waals surface area contributed by atoms with Crippen molar-refractivity contribution >= 4 is 33.8 Å². The van der Waals surface area contributed by atoms with E-state index in [1.54, 1.807) is 18.2 Å². The van der Waals surface area contributed by atoms with Gasteiger partial charge in [-0.3, -0.25) is 4.98 Å². The highest BCUT2D eigenvalue weighted by Gasteiger charge is 2.44. The number of halogens is 5. The van der Waals surface area contributed by atoms with Gasteiger partial charge in [0.1, 0.15) is 17.3 Å². The average Bonchev–Trinajstić information content (AvgIpc) is 3.65. The van der Waals surface area contributed by atoms with E-state index in [9.17, 15) is 17.6 Å². The number of allylic oxidation sites excluding steroid dienone is 2. The van der Waals surface area contributed by atoms with Gasteiger partial charge in [-0.15, -0.1) is 0 Å². The largest absolute Gasteiger partial charge is 0.417 e. The predicted molar refractivity (Wildman–Crippen MR) is 142 cm³/mol. The van der Waals surface area contributed by atoms with E-state index >= 15 is 0 Å². The average molecular weight is 554 g/mol. The Bertz CT molecular complexity index is 1630. The molecule has 2 aromatic heterocycles. The molecule has 1 aliphatic heterocycles. The van der Waals surface area contributed by atoms with Gasteiger partial charge < -0.3 is 9.42 Å². The van der Waals surface area contributed by atoms with E-state index < -0.39 is 17.6 Å². The molecule has 3 heterocycles. The molecule has 3 aliphatic rings. The molecule has 0 atom stereocenters. The minimum absolute atomic E-state index is 0.0311. The SMILES string of the molecule is Fc1ccc(-c2noc(C3CC3)c2C2=CC3(CCN(c4ccc5nccc(C(F)(F)F)c5c4)CC3)C2)c(Cl)c1. The second kappa shape index (κ2) is 8.81. The quantitative estimate of drug-likeness (QED) is 0.237. The fourth-order valence-corrected chi connectivity index (χ4v) is 6.35. The number of piperidine rings is 1. The van der Waals surface area contributed by atoms with Crippen LogP contribution in [-0.2, 0) is 6.18 Å². The maximum absolute atomic E-state index is 13.7. The Morgan fingerprint density at radius 3 is 2.49 bits per heavy atom. The second-order valence-corrected chi connectivity index (χ2v) is 11.3. The Morgan fingerprint density at radius 2 is 1.79 bits per heavy atom. The number of rotatable bonds is 4. The van der Waals surface area contributed by atoms with Gasteiger partial charge in [0.2, 0.25) is 0 Å². The molecule has 9 heteroatoms. The van der Waals surface area contributed by atoms with E-state index in [0.717, 1.165) is 68.3 Å². The van der Waals surface area contributed by atoms with Gasteiger partial charge >= 0.3 is 6.18 Å². The van der Waals surface area contributed by atoms with Gasteiger partial charge in [0.25, 0.3) is 0 Å². The smallest absolute Gasteiger partial charge is 0.371 e. The van der Waals surface area contributed by atoms with Crippen LogP contribution in [0.25, 0.3) is 27.7 Å². The summed E-state index contributed by atoms with van der Waals surface area (Å²) in [7, 11) is 0. The molecular weight excluding hydrogens is 530 g/mol. The highest BCUT2D eigenvalue weighted by molar-refractivity contribution is 6.33. The predicted octanol–water partition coefficient (Wildman–Crippen LogP) is 8.65. The molecule has 7 rings (SSSR count). The highest BCUT2D eigenvalue weighted by atomic mass is 35.5. The maximum atomic E-state index is 13.7. The van der Waals surface area contributed by atoms with Crippen LogP contribution in [0, 0.1) is 11.2 Å². The lowest BCUT2D eigenvalue weighted by atomic mass is 9.63. The minimum atomic E-state index is -4.43. The fraction of sp³-hybridized carbons (Fsp3) is 0.333. The number of fused-ring (bicyclic) bond motifs is 1. The van der Waals surface area contributed by atoms with Gasteiger partial charge in [0.15, 0.2) is 0 Å². The topological polar surface area (TPSA) is 42.2 Å². The van der Waals surface area contributed by atoms with Crippen molar-refractivity contribution in [1.82, 2.24) is 10.1 Å². The van der Waals surface area contributed by atoms with E-state index in [1.165, 1.54) is 23.9 Å². The molecule has 0 amide bonds. The van der Waals surface area contributed by atoms with Crippen molar-refractivity contribution in [1.29, 1.82) is 0 Å². The van der Waals surface area contributed by atoms with Crippen molar-refractivity contribution in [3.05, 3.63) is 82.5 Å². The third-order valence-electron chi connectivity index (χ3n) is 8.35. The van der Waals surface area contributed by atoms with Gasteiger partial charge in [0, 0.05) is 47.4 Å². The van der Waals surface area contributed by atoms with E-state index in [4.69, 9.17) is 16.1 Å². The van der Waals surface area contributed by atoms with E-state index in [1.807, 2.05) is 6.07 Å². The summed E-state index contributed by atoms with van der Waals surface area (Å²) in [5, 5.41) is 4.79. The third-order valence-corrected chi connectivity index (χ3v) is 8.66. The first-order chi connectivity index (χ1) is 18.7. The lowest BCUT2D eigenvalue weighted by molar-refractivity contribution is -0.136. The Morgan fingerprint density at radius 1 is 1.03 bits per heavy atom. The van der Waals surface area contributed by atoms with E-state index in [-0.39, 0.29) is 10.8 Å². The summed E-state index contributed by atoms with van der Waals surface area (Å²) < 4.78 is 60.2. The van der Waals surface area contributed by atoms with Gasteiger partial charge in [-0.05, 0) is 85.6 Å². The van der Waals surface area contributed by atoms with Crippen LogP contribution in [-0.4, -0.2) is 23.2 Å². The van der Waals surface area contributed by atoms with Gasteiger partial charge in [-0.2, -0.15) is 13.2 Å². The zero-order valence-corrected chi connectivity index (χ0v) is 21.6. The normalized spacial score (nSPS) is 18.9. The lowest BCUT2D eigenvalue weighted by Gasteiger charge is -2.47. The third kappa shape index (κ3) is 4.29. The van der Waals surface area contributed by atoms with Crippen molar-refractivity contribution < 1.29 is 22.1 Å². The Labute approximate surface area is 227 Å². The molecule has 2 aliphatic carbocycles. The van der Waals surface area contributed by atoms with Crippen LogP contribution in [0.4, 0.5) is 23.2 Å². The molecule has 4 nitrogen and oxygen atoms in total. The molecule has 0 radical (unpaired) electrons. The molecule has 0 N–H and O–H groups in total. The first kappa shape index (κ1) is 24.6. The summed E-state index contributed by atoms with van der Waals surface area (Å²) >= 11 is 6.38. The second-order valence-electron chi connectivity index (χ2n) is 10.9. The van der Waals surface area contributed by atoms with Crippen LogP contribution in [0.1, 0.15) is 54.9 Å². The van der Waals surface area contributed by atoms with Crippen LogP contribution in [0.3, 0.4) is 0 Å². The number of hydrogen-bond donors (Lipinski definition) is 0. The summed E-state index contributed by atoms with van der Waals surface area (Å²) in [6.45, 7) is 1.49. The minimum Gasteiger partial charge on any atom is -0.371 e. The van der Waals surface area contributed by atoms with Crippen molar-refractivity contribution in [3.63, 3.8) is 0 Å². The molecule has 0 bridgehead atoms. The summed E-state index contributed by atoms with van der Waals surface area (Å²) in [6, 6.07) is 10.5. The summed E-state index contributed by atoms with van der Waals surface area (Å²) in [6.07, 6.45) is 3.86. The van der Waals surface area contributed by atoms with Gasteiger partial charge in [-0.1, -0.05) is 22.8 Å². The first-order valence-corrected chi connectivity index (χ1v) is 13.5. The first-order valence-electron chi connectivity index (χ1n) is 13.1.